The summed E-state index contributed by atoms with van der Waals surface area (Å²) in [6.07, 6.45) is 3.01. The van der Waals surface area contributed by atoms with Gasteiger partial charge in [0, 0.05) is 5.56 Å². The van der Waals surface area contributed by atoms with Crippen LogP contribution in [0.15, 0.2) is 114 Å². The molecule has 0 atom stereocenters. The van der Waals surface area contributed by atoms with Crippen LogP contribution in [0.1, 0.15) is 25.3 Å². The van der Waals surface area contributed by atoms with Crippen LogP contribution in [0.4, 0.5) is 5.69 Å². The topological polar surface area (TPSA) is 63.7 Å². The zero-order valence-corrected chi connectivity index (χ0v) is 21.0. The van der Waals surface area contributed by atoms with E-state index in [-0.39, 0.29) is 10.6 Å². The third-order valence-corrected chi connectivity index (χ3v) is 7.58. The zero-order valence-electron chi connectivity index (χ0n) is 20.2. The summed E-state index contributed by atoms with van der Waals surface area (Å²) in [5.41, 5.74) is 3.14. The van der Waals surface area contributed by atoms with E-state index in [0.29, 0.717) is 5.75 Å². The zero-order chi connectivity index (χ0) is 25.4. The molecule has 184 valence electrons. The summed E-state index contributed by atoms with van der Waals surface area (Å²) >= 11 is 0. The molecule has 36 heavy (non-hydrogen) atoms. The summed E-state index contributed by atoms with van der Waals surface area (Å²) < 4.78 is 33.9. The summed E-state index contributed by atoms with van der Waals surface area (Å²) in [6, 6.07) is 32.2. The molecule has 0 saturated carbocycles. The summed E-state index contributed by atoms with van der Waals surface area (Å²) in [5.74, 6) is -0.174. The molecule has 0 saturated heterocycles. The fourth-order valence-electron chi connectivity index (χ4n) is 3.94. The molecule has 0 N–H and O–H groups in total. The monoisotopic (exact) mass is 499 g/mol. The van der Waals surface area contributed by atoms with E-state index in [1.807, 2.05) is 60.7 Å². The minimum absolute atomic E-state index is 0.0399. The van der Waals surface area contributed by atoms with Gasteiger partial charge in [-0.15, -0.1) is 0 Å². The number of sulfonamides is 1. The molecule has 0 radical (unpaired) electrons. The first-order valence-electron chi connectivity index (χ1n) is 12.0. The van der Waals surface area contributed by atoms with E-state index in [1.54, 1.807) is 36.4 Å². The van der Waals surface area contributed by atoms with E-state index >= 15 is 0 Å². The molecule has 4 aromatic carbocycles. The molecule has 0 aromatic heterocycles. The molecule has 0 aliphatic heterocycles. The van der Waals surface area contributed by atoms with E-state index in [9.17, 15) is 13.2 Å². The summed E-state index contributed by atoms with van der Waals surface area (Å²) in [7, 11) is -4.15. The fourth-order valence-corrected chi connectivity index (χ4v) is 5.37. The summed E-state index contributed by atoms with van der Waals surface area (Å²) in [6.45, 7) is 1.69. The van der Waals surface area contributed by atoms with Gasteiger partial charge in [-0.2, -0.15) is 4.31 Å². The van der Waals surface area contributed by atoms with Crippen LogP contribution >= 0.6 is 0 Å². The Morgan fingerprint density at radius 3 is 2.06 bits per heavy atom. The Hall–Kier alpha value is -3.90. The van der Waals surface area contributed by atoms with Crippen LogP contribution in [0.3, 0.4) is 0 Å². The number of aryl methyl sites for hydroxylation is 1. The Morgan fingerprint density at radius 1 is 0.778 bits per heavy atom. The fraction of sp³-hybridized carbons (Fsp3) is 0.167. The number of anilines is 1. The van der Waals surface area contributed by atoms with Crippen molar-refractivity contribution in [3.63, 3.8) is 0 Å². The first-order chi connectivity index (χ1) is 17.5. The Morgan fingerprint density at radius 2 is 1.39 bits per heavy atom. The summed E-state index contributed by atoms with van der Waals surface area (Å²) in [4.78, 5) is 13.5. The van der Waals surface area contributed by atoms with Gasteiger partial charge in [0.25, 0.3) is 15.9 Å². The van der Waals surface area contributed by atoms with Gasteiger partial charge in [-0.05, 0) is 54.3 Å². The van der Waals surface area contributed by atoms with Gasteiger partial charge in [0.05, 0.1) is 10.6 Å². The van der Waals surface area contributed by atoms with Crippen LogP contribution in [-0.2, 0) is 21.2 Å². The van der Waals surface area contributed by atoms with Crippen molar-refractivity contribution in [2.24, 2.45) is 0 Å². The van der Waals surface area contributed by atoms with E-state index < -0.39 is 22.5 Å². The smallest absolute Gasteiger partial charge is 0.278 e. The van der Waals surface area contributed by atoms with Crippen molar-refractivity contribution < 1.29 is 17.9 Å². The number of hydrogen-bond donors (Lipinski definition) is 0. The molecule has 0 spiro atoms. The summed E-state index contributed by atoms with van der Waals surface area (Å²) in [5, 5.41) is 0. The van der Waals surface area contributed by atoms with E-state index in [1.165, 1.54) is 12.1 Å². The van der Waals surface area contributed by atoms with Gasteiger partial charge in [0.15, 0.2) is 6.61 Å². The second-order valence-corrected chi connectivity index (χ2v) is 10.2. The van der Waals surface area contributed by atoms with Crippen molar-refractivity contribution >= 4 is 21.6 Å². The number of amides is 1. The lowest BCUT2D eigenvalue weighted by Gasteiger charge is -2.23. The van der Waals surface area contributed by atoms with Gasteiger partial charge in [-0.3, -0.25) is 4.79 Å². The van der Waals surface area contributed by atoms with Gasteiger partial charge < -0.3 is 4.74 Å². The second kappa shape index (κ2) is 11.7. The molecule has 5 nitrogen and oxygen atoms in total. The Bertz CT molecular complexity index is 1390. The molecule has 0 fully saturated rings. The number of para-hydroxylation sites is 1. The van der Waals surface area contributed by atoms with Crippen molar-refractivity contribution in [1.82, 2.24) is 0 Å². The Labute approximate surface area is 213 Å². The van der Waals surface area contributed by atoms with Gasteiger partial charge in [0.2, 0.25) is 0 Å². The lowest BCUT2D eigenvalue weighted by molar-refractivity contribution is -0.119. The van der Waals surface area contributed by atoms with E-state index in [2.05, 4.69) is 6.92 Å². The maximum absolute atomic E-state index is 13.6. The number of nitrogens with zero attached hydrogens (tertiary/aromatic N) is 1. The number of carbonyl (C=O) groups is 1. The van der Waals surface area contributed by atoms with Crippen LogP contribution in [0.5, 0.6) is 5.75 Å². The van der Waals surface area contributed by atoms with Crippen molar-refractivity contribution in [3.05, 3.63) is 115 Å². The number of carbonyl (C=O) groups excluding carboxylic acids is 1. The van der Waals surface area contributed by atoms with Gasteiger partial charge in [-0.1, -0.05) is 92.2 Å². The third kappa shape index (κ3) is 5.83. The lowest BCUT2D eigenvalue weighted by atomic mass is 10.1. The molecule has 4 rings (SSSR count). The normalized spacial score (nSPS) is 11.1. The average Bonchev–Trinajstić information content (AvgIpc) is 2.92. The molecule has 4 aromatic rings. The van der Waals surface area contributed by atoms with Gasteiger partial charge >= 0.3 is 0 Å². The molecule has 0 unspecified atom stereocenters. The SMILES string of the molecule is CCCCc1ccc(N(C(=O)COc2ccccc2-c2ccccc2)S(=O)(=O)c2ccccc2)cc1. The number of ether oxygens (including phenoxy) is 1. The number of rotatable bonds is 10. The van der Waals surface area contributed by atoms with Crippen LogP contribution in [0.25, 0.3) is 11.1 Å². The lowest BCUT2D eigenvalue weighted by Crippen LogP contribution is -2.40. The molecule has 0 aliphatic carbocycles. The highest BCUT2D eigenvalue weighted by Gasteiger charge is 2.31. The molecule has 6 heteroatoms. The van der Waals surface area contributed by atoms with Crippen molar-refractivity contribution in [3.8, 4) is 16.9 Å². The minimum atomic E-state index is -4.15. The molecular formula is C30H29NO4S. The van der Waals surface area contributed by atoms with Crippen molar-refractivity contribution in [2.75, 3.05) is 10.9 Å². The Kier molecular flexibility index (Phi) is 8.18. The highest BCUT2D eigenvalue weighted by Crippen LogP contribution is 2.30. The van der Waals surface area contributed by atoms with E-state index in [0.717, 1.165) is 40.3 Å². The standard InChI is InChI=1S/C30H29NO4S/c1-2-3-12-24-19-21-26(22-20-24)31(36(33,34)27-15-8-5-9-16-27)30(32)23-35-29-18-11-10-17-28(29)25-13-6-4-7-14-25/h4-11,13-22H,2-3,12,23H2,1H3. The van der Waals surface area contributed by atoms with Crippen LogP contribution in [0, 0.1) is 0 Å². The van der Waals surface area contributed by atoms with Crippen molar-refractivity contribution in [2.45, 2.75) is 31.1 Å². The first kappa shape index (κ1) is 25.2. The third-order valence-electron chi connectivity index (χ3n) is 5.82. The average molecular weight is 500 g/mol. The number of benzene rings is 4. The largest absolute Gasteiger partial charge is 0.483 e. The quantitative estimate of drug-likeness (QED) is 0.250. The van der Waals surface area contributed by atoms with Crippen LogP contribution in [0.2, 0.25) is 0 Å². The number of hydrogen-bond acceptors (Lipinski definition) is 4. The molecule has 0 aliphatic rings. The van der Waals surface area contributed by atoms with Crippen LogP contribution in [-0.4, -0.2) is 20.9 Å². The van der Waals surface area contributed by atoms with Gasteiger partial charge in [0.1, 0.15) is 5.75 Å². The van der Waals surface area contributed by atoms with Crippen LogP contribution < -0.4 is 9.04 Å². The first-order valence-corrected chi connectivity index (χ1v) is 13.4. The maximum Gasteiger partial charge on any atom is 0.278 e. The van der Waals surface area contributed by atoms with Gasteiger partial charge in [-0.25, -0.2) is 8.42 Å². The predicted molar refractivity (Wildman–Crippen MR) is 144 cm³/mol. The second-order valence-electron chi connectivity index (χ2n) is 8.40. The Balaban J connectivity index is 1.64. The predicted octanol–water partition coefficient (Wildman–Crippen LogP) is 6.50. The molecular weight excluding hydrogens is 470 g/mol. The molecule has 0 bridgehead atoms. The maximum atomic E-state index is 13.6. The van der Waals surface area contributed by atoms with Crippen molar-refractivity contribution in [1.29, 1.82) is 0 Å². The molecule has 0 heterocycles. The molecule has 1 amide bonds. The highest BCUT2D eigenvalue weighted by molar-refractivity contribution is 7.93. The van der Waals surface area contributed by atoms with E-state index in [4.69, 9.17) is 4.74 Å². The highest BCUT2D eigenvalue weighted by atomic mass is 32.2. The minimum Gasteiger partial charge on any atom is -0.483 e. The number of unbranched alkanes of at least 4 members (excludes halogenated alkanes) is 1.